The Bertz CT molecular complexity index is 781. The van der Waals surface area contributed by atoms with Crippen LogP contribution < -0.4 is 15.4 Å². The zero-order valence-corrected chi connectivity index (χ0v) is 18.0. The van der Waals surface area contributed by atoms with E-state index in [0.29, 0.717) is 43.8 Å². The lowest BCUT2D eigenvalue weighted by molar-refractivity contribution is 0.145. The first-order chi connectivity index (χ1) is 14.0. The number of aliphatic hydroxyl groups excluding tert-OH is 1. The summed E-state index contributed by atoms with van der Waals surface area (Å²) in [6.07, 6.45) is -0.663. The number of hydrogen-bond donors (Lipinski definition) is 3. The van der Waals surface area contributed by atoms with Crippen molar-refractivity contribution < 1.29 is 14.6 Å². The Labute approximate surface area is 177 Å². The van der Waals surface area contributed by atoms with Gasteiger partial charge in [0, 0.05) is 30.8 Å². The molecule has 3 N–H and O–H groups in total. The van der Waals surface area contributed by atoms with Gasteiger partial charge in [-0.15, -0.1) is 0 Å². The lowest BCUT2D eigenvalue weighted by Crippen LogP contribution is -2.39. The molecule has 0 saturated carbocycles. The average molecular weight is 420 g/mol. The molecular weight excluding hydrogens is 390 g/mol. The minimum absolute atomic E-state index is 0.332. The number of nitrogens with one attached hydrogen (secondary N) is 2. The van der Waals surface area contributed by atoms with Crippen molar-refractivity contribution >= 4 is 17.6 Å². The largest absolute Gasteiger partial charge is 0.491 e. The van der Waals surface area contributed by atoms with E-state index in [1.54, 1.807) is 19.2 Å². The summed E-state index contributed by atoms with van der Waals surface area (Å²) in [4.78, 5) is 4.63. The van der Waals surface area contributed by atoms with Crippen LogP contribution in [-0.4, -0.2) is 44.5 Å². The van der Waals surface area contributed by atoms with E-state index in [9.17, 15) is 5.11 Å². The van der Waals surface area contributed by atoms with Crippen LogP contribution in [0.15, 0.2) is 47.5 Å². The van der Waals surface area contributed by atoms with Crippen molar-refractivity contribution in [2.24, 2.45) is 4.99 Å². The smallest absolute Gasteiger partial charge is 0.191 e. The summed E-state index contributed by atoms with van der Waals surface area (Å²) in [6.45, 7) is 6.55. The van der Waals surface area contributed by atoms with Crippen molar-refractivity contribution in [3.8, 4) is 5.75 Å². The monoisotopic (exact) mass is 419 g/mol. The Hall–Kier alpha value is -2.28. The van der Waals surface area contributed by atoms with Gasteiger partial charge in [0.2, 0.25) is 0 Å². The van der Waals surface area contributed by atoms with Crippen molar-refractivity contribution in [3.05, 3.63) is 64.2 Å². The molecule has 7 heteroatoms. The van der Waals surface area contributed by atoms with Crippen molar-refractivity contribution in [3.63, 3.8) is 0 Å². The summed E-state index contributed by atoms with van der Waals surface area (Å²) >= 11 is 5.90. The summed E-state index contributed by atoms with van der Waals surface area (Å²) < 4.78 is 10.9. The van der Waals surface area contributed by atoms with Crippen LogP contribution in [0.2, 0.25) is 5.02 Å². The third-order valence-corrected chi connectivity index (χ3v) is 4.49. The molecule has 0 spiro atoms. The molecule has 0 aromatic heterocycles. The van der Waals surface area contributed by atoms with Gasteiger partial charge in [-0.25, -0.2) is 4.99 Å². The second kappa shape index (κ2) is 12.3. The van der Waals surface area contributed by atoms with Crippen LogP contribution in [0.25, 0.3) is 0 Å². The van der Waals surface area contributed by atoms with Gasteiger partial charge in [0.15, 0.2) is 5.96 Å². The average Bonchev–Trinajstić information content (AvgIpc) is 2.71. The number of halogens is 1. The molecule has 6 nitrogen and oxygen atoms in total. The maximum atomic E-state index is 10.4. The fourth-order valence-electron chi connectivity index (χ4n) is 2.66. The SMILES string of the molecule is CCNC(=NCc1ccc(C)cc1OCCOC)NCC(O)c1ccc(Cl)cc1. The second-order valence-corrected chi connectivity index (χ2v) is 7.03. The van der Waals surface area contributed by atoms with Gasteiger partial charge in [0.1, 0.15) is 12.4 Å². The first-order valence-electron chi connectivity index (χ1n) is 9.70. The van der Waals surface area contributed by atoms with Crippen LogP contribution in [0.5, 0.6) is 5.75 Å². The van der Waals surface area contributed by atoms with E-state index in [1.807, 2.05) is 44.2 Å². The van der Waals surface area contributed by atoms with Crippen LogP contribution >= 0.6 is 11.6 Å². The van der Waals surface area contributed by atoms with E-state index in [0.717, 1.165) is 22.4 Å². The molecule has 0 saturated heterocycles. The van der Waals surface area contributed by atoms with Crippen molar-refractivity contribution in [2.45, 2.75) is 26.5 Å². The highest BCUT2D eigenvalue weighted by Crippen LogP contribution is 2.21. The minimum atomic E-state index is -0.663. The van der Waals surface area contributed by atoms with E-state index < -0.39 is 6.10 Å². The molecule has 2 aromatic carbocycles. The summed E-state index contributed by atoms with van der Waals surface area (Å²) in [7, 11) is 1.65. The Morgan fingerprint density at radius 2 is 1.90 bits per heavy atom. The number of aliphatic hydroxyl groups is 1. The van der Waals surface area contributed by atoms with E-state index >= 15 is 0 Å². The van der Waals surface area contributed by atoms with Crippen LogP contribution in [0.4, 0.5) is 0 Å². The zero-order valence-electron chi connectivity index (χ0n) is 17.2. The predicted octanol–water partition coefficient (Wildman–Crippen LogP) is 3.46. The Kier molecular flexibility index (Phi) is 9.77. The molecule has 0 aliphatic carbocycles. The van der Waals surface area contributed by atoms with Crippen LogP contribution in [0.3, 0.4) is 0 Å². The van der Waals surface area contributed by atoms with E-state index in [2.05, 4.69) is 15.6 Å². The molecular formula is C22H30ClN3O3. The summed E-state index contributed by atoms with van der Waals surface area (Å²) in [5.41, 5.74) is 2.91. The number of methoxy groups -OCH3 is 1. The highest BCUT2D eigenvalue weighted by atomic mass is 35.5. The number of nitrogens with zero attached hydrogens (tertiary/aromatic N) is 1. The number of aryl methyl sites for hydroxylation is 1. The van der Waals surface area contributed by atoms with E-state index in [4.69, 9.17) is 21.1 Å². The Balaban J connectivity index is 2.02. The van der Waals surface area contributed by atoms with Gasteiger partial charge < -0.3 is 25.2 Å². The molecule has 0 aliphatic heterocycles. The predicted molar refractivity (Wildman–Crippen MR) is 118 cm³/mol. The molecule has 0 bridgehead atoms. The third-order valence-electron chi connectivity index (χ3n) is 4.24. The Morgan fingerprint density at radius 1 is 1.14 bits per heavy atom. The molecule has 0 amide bonds. The third kappa shape index (κ3) is 7.93. The summed E-state index contributed by atoms with van der Waals surface area (Å²) in [5.74, 6) is 1.44. The number of benzene rings is 2. The number of hydrogen-bond acceptors (Lipinski definition) is 4. The molecule has 2 aromatic rings. The fraction of sp³-hybridized carbons (Fsp3) is 0.409. The molecule has 1 unspecified atom stereocenters. The fourth-order valence-corrected chi connectivity index (χ4v) is 2.79. The van der Waals surface area contributed by atoms with Crippen molar-refractivity contribution in [2.75, 3.05) is 33.4 Å². The molecule has 29 heavy (non-hydrogen) atoms. The molecule has 0 radical (unpaired) electrons. The minimum Gasteiger partial charge on any atom is -0.491 e. The number of ether oxygens (including phenoxy) is 2. The van der Waals surface area contributed by atoms with Gasteiger partial charge in [-0.2, -0.15) is 0 Å². The lowest BCUT2D eigenvalue weighted by Gasteiger charge is -2.16. The highest BCUT2D eigenvalue weighted by molar-refractivity contribution is 6.30. The molecule has 0 heterocycles. The van der Waals surface area contributed by atoms with Gasteiger partial charge in [0.05, 0.1) is 19.3 Å². The summed E-state index contributed by atoms with van der Waals surface area (Å²) in [5, 5.41) is 17.4. The van der Waals surface area contributed by atoms with E-state index in [1.165, 1.54) is 0 Å². The van der Waals surface area contributed by atoms with Crippen LogP contribution in [-0.2, 0) is 11.3 Å². The van der Waals surface area contributed by atoms with Crippen molar-refractivity contribution in [1.82, 2.24) is 10.6 Å². The molecule has 0 aliphatic rings. The topological polar surface area (TPSA) is 75.1 Å². The van der Waals surface area contributed by atoms with Crippen LogP contribution in [0.1, 0.15) is 29.7 Å². The second-order valence-electron chi connectivity index (χ2n) is 6.60. The summed E-state index contributed by atoms with van der Waals surface area (Å²) in [6, 6.07) is 13.2. The first kappa shape index (κ1) is 23.0. The van der Waals surface area contributed by atoms with Crippen LogP contribution in [0, 0.1) is 6.92 Å². The normalized spacial score (nSPS) is 12.5. The highest BCUT2D eigenvalue weighted by Gasteiger charge is 2.09. The maximum Gasteiger partial charge on any atom is 0.191 e. The lowest BCUT2D eigenvalue weighted by atomic mass is 10.1. The Morgan fingerprint density at radius 3 is 2.59 bits per heavy atom. The molecule has 1 atom stereocenters. The number of rotatable bonds is 10. The number of guanidine groups is 1. The van der Waals surface area contributed by atoms with Gasteiger partial charge in [-0.3, -0.25) is 0 Å². The molecule has 0 fully saturated rings. The van der Waals surface area contributed by atoms with E-state index in [-0.39, 0.29) is 0 Å². The zero-order chi connectivity index (χ0) is 21.1. The van der Waals surface area contributed by atoms with Crippen molar-refractivity contribution in [1.29, 1.82) is 0 Å². The van der Waals surface area contributed by atoms with Gasteiger partial charge in [0.25, 0.3) is 0 Å². The first-order valence-corrected chi connectivity index (χ1v) is 10.1. The molecule has 158 valence electrons. The standard InChI is InChI=1S/C22H30ClN3O3/c1-4-24-22(26-15-20(27)17-7-9-19(23)10-8-17)25-14-18-6-5-16(2)13-21(18)29-12-11-28-3/h5-10,13,20,27H,4,11-12,14-15H2,1-3H3,(H2,24,25,26). The van der Waals surface area contributed by atoms with Gasteiger partial charge in [-0.05, 0) is 43.2 Å². The maximum absolute atomic E-state index is 10.4. The molecule has 2 rings (SSSR count). The number of aliphatic imine (C=N–C) groups is 1. The quantitative estimate of drug-likeness (QED) is 0.312. The van der Waals surface area contributed by atoms with Gasteiger partial charge in [-0.1, -0.05) is 35.9 Å². The van der Waals surface area contributed by atoms with Gasteiger partial charge >= 0.3 is 0 Å².